The number of aromatic nitrogens is 2. The number of hydrogen-bond donors (Lipinski definition) is 1. The fraction of sp³-hybridized carbons (Fsp3) is 0.500. The van der Waals surface area contributed by atoms with E-state index in [-0.39, 0.29) is 0 Å². The van der Waals surface area contributed by atoms with Gasteiger partial charge in [-0.2, -0.15) is 5.10 Å². The van der Waals surface area contributed by atoms with Crippen LogP contribution in [0.1, 0.15) is 29.4 Å². The van der Waals surface area contributed by atoms with Gasteiger partial charge in [0.05, 0.1) is 5.69 Å². The van der Waals surface area contributed by atoms with Crippen LogP contribution in [0.3, 0.4) is 0 Å². The predicted molar refractivity (Wildman–Crippen MR) is 88.6 cm³/mol. The van der Waals surface area contributed by atoms with Crippen molar-refractivity contribution in [1.82, 2.24) is 15.1 Å². The minimum Gasteiger partial charge on any atom is -0.319 e. The molecule has 1 unspecified atom stereocenters. The molecule has 0 amide bonds. The van der Waals surface area contributed by atoms with E-state index in [1.807, 2.05) is 7.05 Å². The van der Waals surface area contributed by atoms with Crippen molar-refractivity contribution in [1.29, 1.82) is 0 Å². The summed E-state index contributed by atoms with van der Waals surface area (Å²) < 4.78 is 2.13. The van der Waals surface area contributed by atoms with E-state index in [1.54, 1.807) is 0 Å². The van der Waals surface area contributed by atoms with Gasteiger partial charge in [0.25, 0.3) is 0 Å². The monoisotopic (exact) mass is 285 g/mol. The second-order valence-corrected chi connectivity index (χ2v) is 5.85. The third-order valence-electron chi connectivity index (χ3n) is 4.05. The number of aryl methyl sites for hydroxylation is 3. The van der Waals surface area contributed by atoms with Crippen molar-refractivity contribution in [2.24, 2.45) is 5.92 Å². The molecule has 114 valence electrons. The molecular weight excluding hydrogens is 258 g/mol. The zero-order chi connectivity index (χ0) is 15.2. The lowest BCUT2D eigenvalue weighted by atomic mass is 9.92. The summed E-state index contributed by atoms with van der Waals surface area (Å²) in [5.74, 6) is 0.595. The molecule has 3 nitrogen and oxygen atoms in total. The van der Waals surface area contributed by atoms with Crippen LogP contribution in [0.25, 0.3) is 0 Å². The van der Waals surface area contributed by atoms with Gasteiger partial charge in [0, 0.05) is 12.2 Å². The lowest BCUT2D eigenvalue weighted by Gasteiger charge is -2.18. The van der Waals surface area contributed by atoms with E-state index in [0.717, 1.165) is 31.6 Å². The van der Waals surface area contributed by atoms with Gasteiger partial charge in [-0.1, -0.05) is 24.3 Å². The molecule has 0 aliphatic rings. The van der Waals surface area contributed by atoms with Crippen LogP contribution in [-0.4, -0.2) is 23.4 Å². The first-order valence-electron chi connectivity index (χ1n) is 7.86. The molecule has 2 aromatic rings. The molecule has 1 aromatic carbocycles. The van der Waals surface area contributed by atoms with E-state index in [4.69, 9.17) is 0 Å². The van der Waals surface area contributed by atoms with E-state index in [0.29, 0.717) is 5.92 Å². The molecule has 1 aromatic heterocycles. The molecular formula is C18H27N3. The second-order valence-electron chi connectivity index (χ2n) is 5.85. The van der Waals surface area contributed by atoms with Crippen LogP contribution in [0.5, 0.6) is 0 Å². The Hall–Kier alpha value is -1.61. The van der Waals surface area contributed by atoms with E-state index < -0.39 is 0 Å². The molecule has 1 heterocycles. The number of rotatable bonds is 7. The number of hydrogen-bond acceptors (Lipinski definition) is 2. The molecule has 0 aliphatic heterocycles. The Balaban J connectivity index is 2.13. The highest BCUT2D eigenvalue weighted by Crippen LogP contribution is 2.18. The summed E-state index contributed by atoms with van der Waals surface area (Å²) >= 11 is 0. The zero-order valence-electron chi connectivity index (χ0n) is 13.7. The highest BCUT2D eigenvalue weighted by Gasteiger charge is 2.14. The zero-order valence-corrected chi connectivity index (χ0v) is 13.7. The van der Waals surface area contributed by atoms with Gasteiger partial charge in [0.15, 0.2) is 0 Å². The lowest BCUT2D eigenvalue weighted by Crippen LogP contribution is -2.24. The van der Waals surface area contributed by atoms with Gasteiger partial charge in [-0.05, 0) is 70.3 Å². The first kappa shape index (κ1) is 15.8. The standard InChI is InChI=1S/C18H27N3/c1-5-21-18(10-15(3)20-21)12-16(13-19-4)11-17-9-7-6-8-14(17)2/h6-10,16,19H,5,11-13H2,1-4H3. The fourth-order valence-electron chi connectivity index (χ4n) is 2.99. The van der Waals surface area contributed by atoms with Gasteiger partial charge in [0.2, 0.25) is 0 Å². The smallest absolute Gasteiger partial charge is 0.0596 e. The van der Waals surface area contributed by atoms with Crippen molar-refractivity contribution in [3.63, 3.8) is 0 Å². The highest BCUT2D eigenvalue weighted by atomic mass is 15.3. The van der Waals surface area contributed by atoms with Gasteiger partial charge in [-0.25, -0.2) is 0 Å². The first-order valence-corrected chi connectivity index (χ1v) is 7.86. The fourth-order valence-corrected chi connectivity index (χ4v) is 2.99. The van der Waals surface area contributed by atoms with Gasteiger partial charge < -0.3 is 5.32 Å². The number of nitrogens with zero attached hydrogens (tertiary/aromatic N) is 2. The van der Waals surface area contributed by atoms with Crippen molar-refractivity contribution in [2.75, 3.05) is 13.6 Å². The van der Waals surface area contributed by atoms with Crippen LogP contribution in [0.4, 0.5) is 0 Å². The molecule has 0 fully saturated rings. The maximum Gasteiger partial charge on any atom is 0.0596 e. The Kier molecular flexibility index (Phi) is 5.57. The van der Waals surface area contributed by atoms with Gasteiger partial charge in [0.1, 0.15) is 0 Å². The van der Waals surface area contributed by atoms with Crippen LogP contribution in [-0.2, 0) is 19.4 Å². The average molecular weight is 285 g/mol. The predicted octanol–water partition coefficient (Wildman–Crippen LogP) is 3.14. The summed E-state index contributed by atoms with van der Waals surface area (Å²) in [6.07, 6.45) is 2.19. The van der Waals surface area contributed by atoms with Crippen LogP contribution in [0.15, 0.2) is 30.3 Å². The lowest BCUT2D eigenvalue weighted by molar-refractivity contribution is 0.469. The van der Waals surface area contributed by atoms with Crippen molar-refractivity contribution >= 4 is 0 Å². The highest BCUT2D eigenvalue weighted by molar-refractivity contribution is 5.26. The molecule has 21 heavy (non-hydrogen) atoms. The third-order valence-corrected chi connectivity index (χ3v) is 4.05. The van der Waals surface area contributed by atoms with E-state index in [2.05, 4.69) is 66.2 Å². The molecule has 0 aliphatic carbocycles. The normalized spacial score (nSPS) is 12.6. The van der Waals surface area contributed by atoms with Crippen molar-refractivity contribution < 1.29 is 0 Å². The van der Waals surface area contributed by atoms with Gasteiger partial charge in [-0.3, -0.25) is 4.68 Å². The minimum absolute atomic E-state index is 0.595. The van der Waals surface area contributed by atoms with E-state index in [1.165, 1.54) is 16.8 Å². The van der Waals surface area contributed by atoms with Crippen LogP contribution in [0.2, 0.25) is 0 Å². The minimum atomic E-state index is 0.595. The summed E-state index contributed by atoms with van der Waals surface area (Å²) in [6, 6.07) is 10.9. The summed E-state index contributed by atoms with van der Waals surface area (Å²) in [4.78, 5) is 0. The summed E-state index contributed by atoms with van der Waals surface area (Å²) in [6.45, 7) is 8.41. The molecule has 1 atom stereocenters. The third kappa shape index (κ3) is 4.18. The Morgan fingerprint density at radius 1 is 1.19 bits per heavy atom. The summed E-state index contributed by atoms with van der Waals surface area (Å²) in [5.41, 5.74) is 5.31. The average Bonchev–Trinajstić information content (AvgIpc) is 2.81. The Bertz CT molecular complexity index is 572. The Morgan fingerprint density at radius 3 is 2.62 bits per heavy atom. The SMILES string of the molecule is CCn1nc(C)cc1CC(CNC)Cc1ccccc1C. The van der Waals surface area contributed by atoms with Gasteiger partial charge >= 0.3 is 0 Å². The van der Waals surface area contributed by atoms with Crippen molar-refractivity contribution in [3.05, 3.63) is 52.8 Å². The molecule has 0 saturated heterocycles. The van der Waals surface area contributed by atoms with E-state index >= 15 is 0 Å². The maximum atomic E-state index is 4.56. The van der Waals surface area contributed by atoms with Crippen LogP contribution >= 0.6 is 0 Å². The number of benzene rings is 1. The summed E-state index contributed by atoms with van der Waals surface area (Å²) in [5, 5.41) is 7.91. The quantitative estimate of drug-likeness (QED) is 0.847. The Morgan fingerprint density at radius 2 is 1.95 bits per heavy atom. The Labute approximate surface area is 128 Å². The van der Waals surface area contributed by atoms with Gasteiger partial charge in [-0.15, -0.1) is 0 Å². The molecule has 1 N–H and O–H groups in total. The number of nitrogens with one attached hydrogen (secondary N) is 1. The van der Waals surface area contributed by atoms with Crippen molar-refractivity contribution in [3.8, 4) is 0 Å². The van der Waals surface area contributed by atoms with Crippen LogP contribution < -0.4 is 5.32 Å². The molecule has 3 heteroatoms. The molecule has 0 bridgehead atoms. The molecule has 0 radical (unpaired) electrons. The first-order chi connectivity index (χ1) is 10.1. The molecule has 2 rings (SSSR count). The van der Waals surface area contributed by atoms with E-state index in [9.17, 15) is 0 Å². The molecule has 0 spiro atoms. The second kappa shape index (κ2) is 7.41. The van der Waals surface area contributed by atoms with Crippen molar-refractivity contribution in [2.45, 2.75) is 40.2 Å². The summed E-state index contributed by atoms with van der Waals surface area (Å²) in [7, 11) is 2.03. The largest absolute Gasteiger partial charge is 0.319 e. The maximum absolute atomic E-state index is 4.56. The molecule has 0 saturated carbocycles. The topological polar surface area (TPSA) is 29.9 Å². The van der Waals surface area contributed by atoms with Crippen LogP contribution in [0, 0.1) is 19.8 Å².